The number of ketones is 1. The van der Waals surface area contributed by atoms with Gasteiger partial charge in [0.25, 0.3) is 17.4 Å². The topological polar surface area (TPSA) is 110 Å². The Morgan fingerprint density at radius 1 is 1.03 bits per heavy atom. The molecule has 1 atom stereocenters. The SMILES string of the molecule is COc1ccccc1CN1C(=O)C(=O)/C(=C(\O)c2cccc([N+](=O)[O-])c2)C1c1ccccc1. The monoisotopic (exact) mass is 444 g/mol. The molecular weight excluding hydrogens is 424 g/mol. The molecule has 0 spiro atoms. The van der Waals surface area contributed by atoms with Crippen LogP contribution in [0.2, 0.25) is 0 Å². The van der Waals surface area contributed by atoms with Crippen molar-refractivity contribution in [3.63, 3.8) is 0 Å². The van der Waals surface area contributed by atoms with E-state index < -0.39 is 28.4 Å². The Morgan fingerprint density at radius 2 is 1.73 bits per heavy atom. The molecule has 3 aromatic rings. The van der Waals surface area contributed by atoms with Crippen molar-refractivity contribution >= 4 is 23.1 Å². The number of nitro groups is 1. The second-order valence-corrected chi connectivity index (χ2v) is 7.46. The molecule has 0 aliphatic carbocycles. The Labute approximate surface area is 189 Å². The number of aliphatic hydroxyl groups is 1. The smallest absolute Gasteiger partial charge is 0.295 e. The molecule has 1 aliphatic rings. The van der Waals surface area contributed by atoms with Gasteiger partial charge in [-0.2, -0.15) is 0 Å². The number of likely N-dealkylation sites (tertiary alicyclic amines) is 1. The summed E-state index contributed by atoms with van der Waals surface area (Å²) in [5.41, 5.74) is 1.04. The third-order valence-corrected chi connectivity index (χ3v) is 5.52. The molecule has 1 amide bonds. The molecule has 3 aromatic carbocycles. The van der Waals surface area contributed by atoms with Gasteiger partial charge < -0.3 is 14.7 Å². The van der Waals surface area contributed by atoms with Gasteiger partial charge >= 0.3 is 0 Å². The lowest BCUT2D eigenvalue weighted by Gasteiger charge is -2.26. The highest BCUT2D eigenvalue weighted by atomic mass is 16.6. The summed E-state index contributed by atoms with van der Waals surface area (Å²) in [4.78, 5) is 38.2. The van der Waals surface area contributed by atoms with Crippen LogP contribution in [0, 0.1) is 10.1 Å². The molecule has 0 aromatic heterocycles. The van der Waals surface area contributed by atoms with Gasteiger partial charge in [0.15, 0.2) is 0 Å². The molecule has 33 heavy (non-hydrogen) atoms. The van der Waals surface area contributed by atoms with Crippen LogP contribution in [0.5, 0.6) is 5.75 Å². The number of para-hydroxylation sites is 1. The van der Waals surface area contributed by atoms with Gasteiger partial charge in [-0.15, -0.1) is 0 Å². The summed E-state index contributed by atoms with van der Waals surface area (Å²) in [5, 5.41) is 22.2. The van der Waals surface area contributed by atoms with Crippen molar-refractivity contribution < 1.29 is 24.4 Å². The van der Waals surface area contributed by atoms with Gasteiger partial charge in [0.05, 0.1) is 30.2 Å². The number of hydrogen-bond acceptors (Lipinski definition) is 6. The average molecular weight is 444 g/mol. The number of carbonyl (C=O) groups is 2. The summed E-state index contributed by atoms with van der Waals surface area (Å²) in [5.74, 6) is -1.54. The van der Waals surface area contributed by atoms with Crippen LogP contribution in [0.3, 0.4) is 0 Å². The molecular formula is C25H20N2O6. The summed E-state index contributed by atoms with van der Waals surface area (Å²) in [6.07, 6.45) is 0. The van der Waals surface area contributed by atoms with E-state index in [2.05, 4.69) is 0 Å². The van der Waals surface area contributed by atoms with Gasteiger partial charge in [-0.05, 0) is 11.6 Å². The fraction of sp³-hybridized carbons (Fsp3) is 0.120. The van der Waals surface area contributed by atoms with Crippen molar-refractivity contribution in [1.29, 1.82) is 0 Å². The highest BCUT2D eigenvalue weighted by Gasteiger charge is 2.46. The minimum absolute atomic E-state index is 0.0693. The van der Waals surface area contributed by atoms with Crippen LogP contribution in [-0.4, -0.2) is 33.7 Å². The molecule has 1 N–H and O–H groups in total. The van der Waals surface area contributed by atoms with E-state index in [0.29, 0.717) is 16.9 Å². The van der Waals surface area contributed by atoms with Crippen LogP contribution in [-0.2, 0) is 16.1 Å². The lowest BCUT2D eigenvalue weighted by molar-refractivity contribution is -0.384. The molecule has 1 unspecified atom stereocenters. The van der Waals surface area contributed by atoms with Gasteiger partial charge in [-0.1, -0.05) is 60.7 Å². The number of methoxy groups -OCH3 is 1. The first-order chi connectivity index (χ1) is 15.9. The maximum atomic E-state index is 13.1. The van der Waals surface area contributed by atoms with E-state index >= 15 is 0 Å². The Hall–Kier alpha value is -4.46. The van der Waals surface area contributed by atoms with Crippen molar-refractivity contribution in [3.8, 4) is 5.75 Å². The zero-order chi connectivity index (χ0) is 23.5. The van der Waals surface area contributed by atoms with Crippen LogP contribution >= 0.6 is 0 Å². The van der Waals surface area contributed by atoms with Gasteiger partial charge in [0, 0.05) is 23.3 Å². The lowest BCUT2D eigenvalue weighted by atomic mass is 9.95. The van der Waals surface area contributed by atoms with Crippen molar-refractivity contribution in [1.82, 2.24) is 4.90 Å². The minimum Gasteiger partial charge on any atom is -0.507 e. The number of amides is 1. The zero-order valence-corrected chi connectivity index (χ0v) is 17.7. The molecule has 0 radical (unpaired) electrons. The largest absolute Gasteiger partial charge is 0.507 e. The number of benzene rings is 3. The molecule has 1 heterocycles. The zero-order valence-electron chi connectivity index (χ0n) is 17.7. The summed E-state index contributed by atoms with van der Waals surface area (Å²) in [6, 6.07) is 20.4. The normalized spacial score (nSPS) is 17.2. The summed E-state index contributed by atoms with van der Waals surface area (Å²) in [7, 11) is 1.52. The maximum Gasteiger partial charge on any atom is 0.295 e. The van der Waals surface area contributed by atoms with E-state index in [9.17, 15) is 24.8 Å². The van der Waals surface area contributed by atoms with E-state index in [-0.39, 0.29) is 23.4 Å². The van der Waals surface area contributed by atoms with E-state index in [1.165, 1.54) is 36.3 Å². The van der Waals surface area contributed by atoms with E-state index in [1.807, 2.05) is 0 Å². The van der Waals surface area contributed by atoms with Gasteiger partial charge in [-0.3, -0.25) is 19.7 Å². The number of hydrogen-bond donors (Lipinski definition) is 1. The molecule has 8 heteroatoms. The third kappa shape index (κ3) is 4.06. The van der Waals surface area contributed by atoms with Crippen LogP contribution in [0.1, 0.15) is 22.7 Å². The summed E-state index contributed by atoms with van der Waals surface area (Å²) in [6.45, 7) is 0.0693. The van der Waals surface area contributed by atoms with Crippen LogP contribution in [0.4, 0.5) is 5.69 Å². The first-order valence-electron chi connectivity index (χ1n) is 10.1. The van der Waals surface area contributed by atoms with Crippen molar-refractivity contribution in [2.24, 2.45) is 0 Å². The first-order valence-corrected chi connectivity index (χ1v) is 10.1. The summed E-state index contributed by atoms with van der Waals surface area (Å²) >= 11 is 0. The van der Waals surface area contributed by atoms with Gasteiger partial charge in [0.2, 0.25) is 0 Å². The molecule has 1 fully saturated rings. The van der Waals surface area contributed by atoms with E-state index in [0.717, 1.165) is 0 Å². The standard InChI is InChI=1S/C25H20N2O6/c1-33-20-13-6-5-10-18(20)15-26-22(16-8-3-2-4-9-16)21(24(29)25(26)30)23(28)17-11-7-12-19(14-17)27(31)32/h2-14,22,28H,15H2,1H3/b23-21-. The first kappa shape index (κ1) is 21.8. The molecule has 4 rings (SSSR count). The second-order valence-electron chi connectivity index (χ2n) is 7.46. The Morgan fingerprint density at radius 3 is 2.42 bits per heavy atom. The number of nitrogens with zero attached hydrogens (tertiary/aromatic N) is 2. The van der Waals surface area contributed by atoms with Crippen molar-refractivity contribution in [3.05, 3.63) is 111 Å². The molecule has 8 nitrogen and oxygen atoms in total. The minimum atomic E-state index is -0.879. The number of carbonyl (C=O) groups excluding carboxylic acids is 2. The molecule has 0 saturated carbocycles. The Kier molecular flexibility index (Phi) is 5.91. The molecule has 0 bridgehead atoms. The Bertz CT molecular complexity index is 1270. The van der Waals surface area contributed by atoms with Crippen LogP contribution < -0.4 is 4.74 Å². The fourth-order valence-corrected chi connectivity index (χ4v) is 3.96. The average Bonchev–Trinajstić information content (AvgIpc) is 3.09. The van der Waals surface area contributed by atoms with E-state index in [1.54, 1.807) is 54.6 Å². The van der Waals surface area contributed by atoms with Crippen LogP contribution in [0.15, 0.2) is 84.4 Å². The summed E-state index contributed by atoms with van der Waals surface area (Å²) < 4.78 is 5.39. The Balaban J connectivity index is 1.87. The molecule has 1 saturated heterocycles. The predicted molar refractivity (Wildman–Crippen MR) is 120 cm³/mol. The van der Waals surface area contributed by atoms with Gasteiger partial charge in [-0.25, -0.2) is 0 Å². The van der Waals surface area contributed by atoms with E-state index in [4.69, 9.17) is 4.74 Å². The number of Topliss-reactive ketones (excluding diaryl/α,β-unsaturated/α-hetero) is 1. The number of ether oxygens (including phenoxy) is 1. The van der Waals surface area contributed by atoms with Crippen molar-refractivity contribution in [2.75, 3.05) is 7.11 Å². The van der Waals surface area contributed by atoms with Crippen LogP contribution in [0.25, 0.3) is 5.76 Å². The second kappa shape index (κ2) is 8.96. The van der Waals surface area contributed by atoms with Crippen molar-refractivity contribution in [2.45, 2.75) is 12.6 Å². The number of nitro benzene ring substituents is 1. The maximum absolute atomic E-state index is 13.1. The third-order valence-electron chi connectivity index (χ3n) is 5.52. The predicted octanol–water partition coefficient (Wildman–Crippen LogP) is 4.23. The molecule has 1 aliphatic heterocycles. The highest BCUT2D eigenvalue weighted by molar-refractivity contribution is 6.46. The van der Waals surface area contributed by atoms with Gasteiger partial charge in [0.1, 0.15) is 11.5 Å². The quantitative estimate of drug-likeness (QED) is 0.200. The number of rotatable bonds is 6. The number of aliphatic hydroxyl groups excluding tert-OH is 1. The highest BCUT2D eigenvalue weighted by Crippen LogP contribution is 2.41. The number of non-ortho nitro benzene ring substituents is 1. The fourth-order valence-electron chi connectivity index (χ4n) is 3.96. The lowest BCUT2D eigenvalue weighted by Crippen LogP contribution is -2.29. The molecule has 166 valence electrons.